The molecular weight excluding hydrogens is 576 g/mol. The van der Waals surface area contributed by atoms with Crippen molar-refractivity contribution in [3.63, 3.8) is 0 Å². The fourth-order valence-electron chi connectivity index (χ4n) is 7.95. The topological polar surface area (TPSA) is 172 Å². The number of hydrogen-bond donors (Lipinski definition) is 2. The van der Waals surface area contributed by atoms with E-state index >= 15 is 0 Å². The molecule has 1 heterocycles. The maximum absolute atomic E-state index is 14.8. The maximum atomic E-state index is 14.8. The van der Waals surface area contributed by atoms with Crippen molar-refractivity contribution in [2.45, 2.75) is 96.1 Å². The lowest BCUT2D eigenvalue weighted by atomic mass is 9.45. The number of esters is 4. The van der Waals surface area contributed by atoms with Crippen LogP contribution >= 0.6 is 0 Å². The van der Waals surface area contributed by atoms with Crippen LogP contribution in [0.4, 0.5) is 0 Å². The van der Waals surface area contributed by atoms with E-state index in [0.29, 0.717) is 0 Å². The molecule has 1 saturated heterocycles. The lowest BCUT2D eigenvalue weighted by Gasteiger charge is -2.67. The van der Waals surface area contributed by atoms with Crippen molar-refractivity contribution < 1.29 is 57.9 Å². The van der Waals surface area contributed by atoms with E-state index in [1.54, 1.807) is 32.0 Å². The van der Waals surface area contributed by atoms with Crippen LogP contribution in [0.1, 0.15) is 64.7 Å². The number of aliphatic hydroxyl groups is 2. The van der Waals surface area contributed by atoms with Gasteiger partial charge in [-0.3, -0.25) is 19.2 Å². The summed E-state index contributed by atoms with van der Waals surface area (Å²) in [5.41, 5.74) is -6.66. The number of aliphatic hydroxyl groups excluding tert-OH is 2. The lowest BCUT2D eigenvalue weighted by Crippen LogP contribution is -2.82. The average Bonchev–Trinajstić information content (AvgIpc) is 2.92. The largest absolute Gasteiger partial charge is 0.454 e. The number of ketones is 1. The molecule has 12 nitrogen and oxygen atoms in total. The molecule has 12 heteroatoms. The van der Waals surface area contributed by atoms with Crippen LogP contribution < -0.4 is 0 Å². The second kappa shape index (κ2) is 10.8. The Balaban J connectivity index is 1.88. The number of hydrogen-bond acceptors (Lipinski definition) is 12. The van der Waals surface area contributed by atoms with Crippen LogP contribution in [0.15, 0.2) is 42.0 Å². The summed E-state index contributed by atoms with van der Waals surface area (Å²) >= 11 is 0. The highest BCUT2D eigenvalue weighted by atomic mass is 16.6. The summed E-state index contributed by atoms with van der Waals surface area (Å²) < 4.78 is 29.9. The molecule has 3 fully saturated rings. The molecule has 44 heavy (non-hydrogen) atoms. The molecule has 2 N–H and O–H groups in total. The highest BCUT2D eigenvalue weighted by molar-refractivity contribution is 5.95. The van der Waals surface area contributed by atoms with Gasteiger partial charge in [0.05, 0.1) is 35.7 Å². The Morgan fingerprint density at radius 3 is 2.09 bits per heavy atom. The Labute approximate surface area is 254 Å². The summed E-state index contributed by atoms with van der Waals surface area (Å²) in [6.07, 6.45) is -6.03. The Morgan fingerprint density at radius 2 is 1.55 bits per heavy atom. The van der Waals surface area contributed by atoms with Gasteiger partial charge in [0, 0.05) is 39.0 Å². The molecule has 0 amide bonds. The third-order valence-corrected chi connectivity index (χ3v) is 10.0. The molecule has 1 unspecified atom stereocenters. The molecule has 1 aliphatic heterocycles. The molecule has 5 rings (SSSR count). The normalized spacial score (nSPS) is 38.6. The molecule has 9 atom stereocenters. The molecule has 2 bridgehead atoms. The van der Waals surface area contributed by atoms with E-state index in [1.165, 1.54) is 32.1 Å². The first kappa shape index (κ1) is 31.8. The van der Waals surface area contributed by atoms with E-state index in [1.807, 2.05) is 0 Å². The van der Waals surface area contributed by atoms with E-state index < -0.39 is 88.1 Å². The van der Waals surface area contributed by atoms with Crippen LogP contribution in [0.3, 0.4) is 0 Å². The number of benzene rings is 1. The Hall–Kier alpha value is -3.61. The van der Waals surface area contributed by atoms with Gasteiger partial charge in [0.15, 0.2) is 29.2 Å². The van der Waals surface area contributed by atoms with Gasteiger partial charge >= 0.3 is 23.9 Å². The highest BCUT2D eigenvalue weighted by Crippen LogP contribution is 2.64. The van der Waals surface area contributed by atoms with Crippen LogP contribution in [0, 0.1) is 16.7 Å². The number of rotatable bonds is 5. The molecule has 2 saturated carbocycles. The number of carbonyl (C=O) groups is 5. The average molecular weight is 615 g/mol. The number of Topliss-reactive ketones (excluding diaryl/α,β-unsaturated/α-hetero) is 1. The van der Waals surface area contributed by atoms with E-state index in [9.17, 15) is 34.2 Å². The van der Waals surface area contributed by atoms with Crippen LogP contribution in [0.2, 0.25) is 0 Å². The molecule has 0 spiro atoms. The number of carbonyl (C=O) groups excluding carboxylic acids is 5. The van der Waals surface area contributed by atoms with E-state index in [0.717, 1.165) is 13.8 Å². The molecule has 1 aromatic rings. The van der Waals surface area contributed by atoms with Gasteiger partial charge < -0.3 is 33.9 Å². The van der Waals surface area contributed by atoms with Gasteiger partial charge in [0.2, 0.25) is 0 Å². The van der Waals surface area contributed by atoms with E-state index in [2.05, 4.69) is 0 Å². The van der Waals surface area contributed by atoms with Crippen molar-refractivity contribution in [3.8, 4) is 0 Å². The maximum Gasteiger partial charge on any atom is 0.338 e. The van der Waals surface area contributed by atoms with Crippen molar-refractivity contribution >= 4 is 29.7 Å². The zero-order valence-corrected chi connectivity index (χ0v) is 25.5. The number of ether oxygens (including phenoxy) is 5. The van der Waals surface area contributed by atoms with Crippen molar-refractivity contribution in [3.05, 3.63) is 47.5 Å². The van der Waals surface area contributed by atoms with E-state index in [4.69, 9.17) is 23.7 Å². The first-order valence-corrected chi connectivity index (χ1v) is 14.6. The Bertz CT molecular complexity index is 1420. The van der Waals surface area contributed by atoms with Crippen LogP contribution in [0.5, 0.6) is 0 Å². The minimum absolute atomic E-state index is 0.110. The first-order valence-electron chi connectivity index (χ1n) is 14.6. The summed E-state index contributed by atoms with van der Waals surface area (Å²) in [5.74, 6) is -5.32. The van der Waals surface area contributed by atoms with Crippen molar-refractivity contribution in [1.29, 1.82) is 0 Å². The van der Waals surface area contributed by atoms with Crippen LogP contribution in [-0.2, 0) is 42.9 Å². The zero-order chi connectivity index (χ0) is 32.4. The highest BCUT2D eigenvalue weighted by Gasteiger charge is 2.79. The summed E-state index contributed by atoms with van der Waals surface area (Å²) in [5, 5.41) is 23.0. The molecule has 238 valence electrons. The van der Waals surface area contributed by atoms with Gasteiger partial charge in [-0.05, 0) is 24.6 Å². The van der Waals surface area contributed by atoms with Crippen LogP contribution in [-0.4, -0.2) is 88.2 Å². The number of fused-ring (bicyclic) bond motifs is 5. The summed E-state index contributed by atoms with van der Waals surface area (Å²) in [7, 11) is 0. The predicted octanol–water partition coefficient (Wildman–Crippen LogP) is 1.83. The van der Waals surface area contributed by atoms with Gasteiger partial charge in [0.25, 0.3) is 0 Å². The van der Waals surface area contributed by atoms with E-state index in [-0.39, 0.29) is 30.6 Å². The molecule has 0 radical (unpaired) electrons. The third kappa shape index (κ3) is 4.57. The monoisotopic (exact) mass is 614 g/mol. The predicted molar refractivity (Wildman–Crippen MR) is 150 cm³/mol. The molecular formula is C32H38O12. The fraction of sp³-hybridized carbons (Fsp3) is 0.594. The lowest BCUT2D eigenvalue weighted by molar-refractivity contribution is -0.346. The minimum atomic E-state index is -1.93. The fourth-order valence-corrected chi connectivity index (χ4v) is 7.95. The second-order valence-corrected chi connectivity index (χ2v) is 12.9. The summed E-state index contributed by atoms with van der Waals surface area (Å²) in [6, 6.07) is 8.00. The Kier molecular flexibility index (Phi) is 7.79. The SMILES string of the molecule is CC(=O)O[C@H]1C(=O)[C@]2(C)[C@@H](O)CC3OC[C@@]3(OC(C)=O)[C@H]2[C@H](OC(=O)c2ccccc2)[C@]2(OC(C)=O)C[C@H](O)C=C1C2(C)C. The molecule has 0 aromatic heterocycles. The van der Waals surface area contributed by atoms with Crippen LogP contribution in [0.25, 0.3) is 0 Å². The molecule has 3 aliphatic carbocycles. The Morgan fingerprint density at radius 1 is 0.909 bits per heavy atom. The van der Waals surface area contributed by atoms with Crippen molar-refractivity contribution in [2.75, 3.05) is 6.61 Å². The first-order chi connectivity index (χ1) is 20.5. The molecule has 4 aliphatic rings. The van der Waals surface area contributed by atoms with Gasteiger partial charge in [-0.15, -0.1) is 0 Å². The van der Waals surface area contributed by atoms with Gasteiger partial charge in [0.1, 0.15) is 6.10 Å². The van der Waals surface area contributed by atoms with Crippen molar-refractivity contribution in [2.24, 2.45) is 16.7 Å². The molecule has 1 aromatic carbocycles. The third-order valence-electron chi connectivity index (χ3n) is 10.0. The summed E-state index contributed by atoms with van der Waals surface area (Å²) in [4.78, 5) is 66.8. The quantitative estimate of drug-likeness (QED) is 0.280. The zero-order valence-electron chi connectivity index (χ0n) is 25.5. The second-order valence-electron chi connectivity index (χ2n) is 12.9. The van der Waals surface area contributed by atoms with Crippen molar-refractivity contribution in [1.82, 2.24) is 0 Å². The van der Waals surface area contributed by atoms with Gasteiger partial charge in [-0.1, -0.05) is 38.1 Å². The summed E-state index contributed by atoms with van der Waals surface area (Å²) in [6.45, 7) is 7.95. The van der Waals surface area contributed by atoms with Gasteiger partial charge in [-0.25, -0.2) is 4.79 Å². The standard InChI is InChI=1S/C32H38O12/c1-16(33)41-24-21-12-20(36)14-32(29(21,4)5,44-18(3)35)27(42-28(39)19-10-8-7-9-11-19)25-30(6,26(24)38)22(37)13-23-31(25,15-40-23)43-17(2)34/h7-12,20,22-25,27,36-37H,13-15H2,1-6H3/t20-,22+,23?,24-,25+,27+,30-,31+,32-/m1/s1. The smallest absolute Gasteiger partial charge is 0.338 e. The van der Waals surface area contributed by atoms with Gasteiger partial charge in [-0.2, -0.15) is 0 Å². The minimum Gasteiger partial charge on any atom is -0.454 e.